The lowest BCUT2D eigenvalue weighted by atomic mass is 9.93. The fourth-order valence-electron chi connectivity index (χ4n) is 3.41. The Bertz CT molecular complexity index is 337. The van der Waals surface area contributed by atoms with Crippen LogP contribution in [0.3, 0.4) is 0 Å². The van der Waals surface area contributed by atoms with Crippen LogP contribution in [-0.4, -0.2) is 34.8 Å². The largest absolute Gasteiger partial charge is 0.343 e. The topological polar surface area (TPSA) is 49.4 Å². The summed E-state index contributed by atoms with van der Waals surface area (Å²) in [4.78, 5) is 26.2. The van der Waals surface area contributed by atoms with E-state index in [1.54, 1.807) is 6.92 Å². The van der Waals surface area contributed by atoms with Gasteiger partial charge in [-0.2, -0.15) is 0 Å². The number of hydrogen-bond acceptors (Lipinski definition) is 2. The van der Waals surface area contributed by atoms with Crippen LogP contribution < -0.4 is 5.32 Å². The van der Waals surface area contributed by atoms with Gasteiger partial charge in [-0.15, -0.1) is 0 Å². The number of piperazine rings is 1. The van der Waals surface area contributed by atoms with Gasteiger partial charge in [0.05, 0.1) is 0 Å². The van der Waals surface area contributed by atoms with E-state index in [1.165, 1.54) is 25.7 Å². The van der Waals surface area contributed by atoms with E-state index < -0.39 is 0 Å². The Labute approximate surface area is 109 Å². The minimum Gasteiger partial charge on any atom is -0.343 e. The summed E-state index contributed by atoms with van der Waals surface area (Å²) in [6.07, 6.45) is 5.60. The summed E-state index contributed by atoms with van der Waals surface area (Å²) < 4.78 is 0. The Morgan fingerprint density at radius 1 is 1.33 bits per heavy atom. The smallest absolute Gasteiger partial charge is 0.245 e. The number of carbonyl (C=O) groups is 2. The maximum atomic E-state index is 12.3. The Balaban J connectivity index is 2.19. The molecule has 102 valence electrons. The average molecular weight is 252 g/mol. The van der Waals surface area contributed by atoms with Crippen LogP contribution in [0.4, 0.5) is 0 Å². The van der Waals surface area contributed by atoms with Crippen molar-refractivity contribution in [3.05, 3.63) is 0 Å². The molecule has 0 bridgehead atoms. The summed E-state index contributed by atoms with van der Waals surface area (Å²) in [5.41, 5.74) is 0. The summed E-state index contributed by atoms with van der Waals surface area (Å²) >= 11 is 0. The molecule has 1 saturated heterocycles. The van der Waals surface area contributed by atoms with E-state index in [2.05, 4.69) is 12.2 Å². The molecule has 1 N–H and O–H groups in total. The van der Waals surface area contributed by atoms with E-state index in [-0.39, 0.29) is 29.9 Å². The van der Waals surface area contributed by atoms with Crippen molar-refractivity contribution in [2.24, 2.45) is 5.92 Å². The molecule has 0 aromatic carbocycles. The van der Waals surface area contributed by atoms with Crippen LogP contribution in [0.1, 0.15) is 52.9 Å². The van der Waals surface area contributed by atoms with Crippen LogP contribution in [0.2, 0.25) is 0 Å². The molecule has 3 atom stereocenters. The SMILES string of the molecule is CCC1C(=O)NC(C)C(=O)N1C(C)C1CCCC1. The van der Waals surface area contributed by atoms with Gasteiger partial charge in [0.1, 0.15) is 12.1 Å². The maximum Gasteiger partial charge on any atom is 0.245 e. The van der Waals surface area contributed by atoms with Crippen LogP contribution in [0.5, 0.6) is 0 Å². The lowest BCUT2D eigenvalue weighted by Gasteiger charge is -2.43. The third kappa shape index (κ3) is 2.25. The standard InChI is InChI=1S/C14H24N2O2/c1-4-12-13(17)15-9(2)14(18)16(12)10(3)11-7-5-6-8-11/h9-12H,4-8H2,1-3H3,(H,15,17). The first-order valence-corrected chi connectivity index (χ1v) is 7.18. The second-order valence-corrected chi connectivity index (χ2v) is 5.68. The lowest BCUT2D eigenvalue weighted by molar-refractivity contribution is -0.152. The fraction of sp³-hybridized carbons (Fsp3) is 0.857. The van der Waals surface area contributed by atoms with Gasteiger partial charge in [0, 0.05) is 6.04 Å². The zero-order valence-electron chi connectivity index (χ0n) is 11.6. The molecule has 0 aromatic rings. The lowest BCUT2D eigenvalue weighted by Crippen LogP contribution is -2.65. The summed E-state index contributed by atoms with van der Waals surface area (Å²) in [5.74, 6) is 0.663. The van der Waals surface area contributed by atoms with Gasteiger partial charge in [0.25, 0.3) is 0 Å². The predicted molar refractivity (Wildman–Crippen MR) is 69.9 cm³/mol. The van der Waals surface area contributed by atoms with Crippen molar-refractivity contribution in [1.29, 1.82) is 0 Å². The summed E-state index contributed by atoms with van der Waals surface area (Å²) in [5, 5.41) is 2.78. The second-order valence-electron chi connectivity index (χ2n) is 5.68. The van der Waals surface area contributed by atoms with Crippen molar-refractivity contribution in [2.45, 2.75) is 71.0 Å². The van der Waals surface area contributed by atoms with Gasteiger partial charge < -0.3 is 10.2 Å². The molecule has 2 aliphatic rings. The minimum atomic E-state index is -0.371. The highest BCUT2D eigenvalue weighted by molar-refractivity contribution is 5.96. The summed E-state index contributed by atoms with van der Waals surface area (Å²) in [6, 6.07) is -0.452. The van der Waals surface area contributed by atoms with Crippen molar-refractivity contribution in [1.82, 2.24) is 10.2 Å². The second kappa shape index (κ2) is 5.29. The molecule has 4 nitrogen and oxygen atoms in total. The molecule has 2 fully saturated rings. The summed E-state index contributed by atoms with van der Waals surface area (Å²) in [7, 11) is 0. The van der Waals surface area contributed by atoms with Crippen molar-refractivity contribution in [3.8, 4) is 0 Å². The highest BCUT2D eigenvalue weighted by Crippen LogP contribution is 2.32. The van der Waals surface area contributed by atoms with Gasteiger partial charge in [-0.3, -0.25) is 9.59 Å². The molecule has 0 radical (unpaired) electrons. The quantitative estimate of drug-likeness (QED) is 0.831. The summed E-state index contributed by atoms with van der Waals surface area (Å²) in [6.45, 7) is 5.87. The molecule has 1 aliphatic carbocycles. The number of nitrogens with one attached hydrogen (secondary N) is 1. The first-order chi connectivity index (χ1) is 8.56. The molecule has 1 saturated carbocycles. The number of nitrogens with zero attached hydrogens (tertiary/aromatic N) is 1. The van der Waals surface area contributed by atoms with Crippen LogP contribution in [0.25, 0.3) is 0 Å². The molecule has 18 heavy (non-hydrogen) atoms. The van der Waals surface area contributed by atoms with Crippen molar-refractivity contribution >= 4 is 11.8 Å². The molecule has 0 aromatic heterocycles. The molecule has 3 unspecified atom stereocenters. The van der Waals surface area contributed by atoms with Crippen LogP contribution in [0, 0.1) is 5.92 Å². The first-order valence-electron chi connectivity index (χ1n) is 7.18. The van der Waals surface area contributed by atoms with Crippen molar-refractivity contribution in [3.63, 3.8) is 0 Å². The van der Waals surface area contributed by atoms with Gasteiger partial charge in [0.15, 0.2) is 0 Å². The molecule has 1 heterocycles. The van der Waals surface area contributed by atoms with Gasteiger partial charge in [-0.1, -0.05) is 19.8 Å². The van der Waals surface area contributed by atoms with Gasteiger partial charge in [-0.05, 0) is 39.0 Å². The number of carbonyl (C=O) groups excluding carboxylic acids is 2. The third-order valence-corrected chi connectivity index (χ3v) is 4.53. The van der Waals surface area contributed by atoms with E-state index in [1.807, 2.05) is 11.8 Å². The van der Waals surface area contributed by atoms with Crippen LogP contribution in [0.15, 0.2) is 0 Å². The van der Waals surface area contributed by atoms with Crippen LogP contribution >= 0.6 is 0 Å². The minimum absolute atomic E-state index is 0.00875. The number of rotatable bonds is 3. The highest BCUT2D eigenvalue weighted by Gasteiger charge is 2.42. The van der Waals surface area contributed by atoms with Gasteiger partial charge in [-0.25, -0.2) is 0 Å². The Morgan fingerprint density at radius 3 is 2.50 bits per heavy atom. The predicted octanol–water partition coefficient (Wildman–Crippen LogP) is 1.69. The van der Waals surface area contributed by atoms with E-state index >= 15 is 0 Å². The molecule has 4 heteroatoms. The van der Waals surface area contributed by atoms with Crippen LogP contribution in [-0.2, 0) is 9.59 Å². The average Bonchev–Trinajstić information content (AvgIpc) is 2.86. The fourth-order valence-corrected chi connectivity index (χ4v) is 3.41. The number of amides is 2. The third-order valence-electron chi connectivity index (χ3n) is 4.53. The first kappa shape index (κ1) is 13.4. The van der Waals surface area contributed by atoms with E-state index in [4.69, 9.17) is 0 Å². The molecule has 0 spiro atoms. The molecule has 1 aliphatic heterocycles. The van der Waals surface area contributed by atoms with Crippen molar-refractivity contribution < 1.29 is 9.59 Å². The Morgan fingerprint density at radius 2 is 1.94 bits per heavy atom. The Hall–Kier alpha value is -1.06. The monoisotopic (exact) mass is 252 g/mol. The van der Waals surface area contributed by atoms with E-state index in [0.29, 0.717) is 12.3 Å². The van der Waals surface area contributed by atoms with Gasteiger partial charge in [0.2, 0.25) is 11.8 Å². The molecule has 2 amide bonds. The normalized spacial score (nSPS) is 31.6. The van der Waals surface area contributed by atoms with E-state index in [0.717, 1.165) is 0 Å². The highest BCUT2D eigenvalue weighted by atomic mass is 16.2. The molecular weight excluding hydrogens is 228 g/mol. The van der Waals surface area contributed by atoms with E-state index in [9.17, 15) is 9.59 Å². The Kier molecular flexibility index (Phi) is 3.93. The van der Waals surface area contributed by atoms with Gasteiger partial charge >= 0.3 is 0 Å². The van der Waals surface area contributed by atoms with Crippen molar-refractivity contribution in [2.75, 3.05) is 0 Å². The number of hydrogen-bond donors (Lipinski definition) is 1. The zero-order valence-corrected chi connectivity index (χ0v) is 11.6. The zero-order chi connectivity index (χ0) is 13.3. The molecular formula is C14H24N2O2. The maximum absolute atomic E-state index is 12.3. The molecule has 2 rings (SSSR count).